The summed E-state index contributed by atoms with van der Waals surface area (Å²) in [5.41, 5.74) is 1.60. The number of hydrogen-bond acceptors (Lipinski definition) is 3. The molecule has 2 aromatic carbocycles. The molecular formula is C22H21BrN2O2. The first-order valence-electron chi connectivity index (χ1n) is 9.14. The van der Waals surface area contributed by atoms with Gasteiger partial charge in [-0.2, -0.15) is 0 Å². The molecule has 1 aliphatic heterocycles. The lowest BCUT2D eigenvalue weighted by Gasteiger charge is -2.38. The van der Waals surface area contributed by atoms with E-state index in [-0.39, 0.29) is 11.3 Å². The Morgan fingerprint density at radius 1 is 1.07 bits per heavy atom. The zero-order chi connectivity index (χ0) is 18.7. The number of pyridine rings is 1. The van der Waals surface area contributed by atoms with Gasteiger partial charge in [0.1, 0.15) is 5.69 Å². The lowest BCUT2D eigenvalue weighted by molar-refractivity contribution is 0.0487. The van der Waals surface area contributed by atoms with Crippen molar-refractivity contribution in [3.8, 4) is 0 Å². The molecule has 2 heterocycles. The number of ether oxygens (including phenoxy) is 1. The van der Waals surface area contributed by atoms with E-state index in [1.165, 1.54) is 5.56 Å². The highest BCUT2D eigenvalue weighted by Crippen LogP contribution is 2.35. The van der Waals surface area contributed by atoms with E-state index in [9.17, 15) is 4.79 Å². The average molecular weight is 425 g/mol. The number of halogens is 1. The molecule has 0 bridgehead atoms. The van der Waals surface area contributed by atoms with E-state index in [1.807, 2.05) is 30.3 Å². The van der Waals surface area contributed by atoms with Crippen LogP contribution in [0.5, 0.6) is 0 Å². The molecule has 0 atom stereocenters. The molecule has 0 spiro atoms. The zero-order valence-electron chi connectivity index (χ0n) is 15.0. The van der Waals surface area contributed by atoms with Crippen molar-refractivity contribution in [3.63, 3.8) is 0 Å². The first-order chi connectivity index (χ1) is 13.2. The predicted molar refractivity (Wildman–Crippen MR) is 110 cm³/mol. The van der Waals surface area contributed by atoms with Crippen LogP contribution < -0.4 is 5.32 Å². The van der Waals surface area contributed by atoms with Crippen LogP contribution in [-0.2, 0) is 10.2 Å². The van der Waals surface area contributed by atoms with E-state index in [2.05, 4.69) is 50.5 Å². The smallest absolute Gasteiger partial charge is 0.270 e. The first kappa shape index (κ1) is 18.1. The van der Waals surface area contributed by atoms with Gasteiger partial charge in [0, 0.05) is 41.2 Å². The summed E-state index contributed by atoms with van der Waals surface area (Å²) in [6.07, 6.45) is 3.46. The molecule has 1 amide bonds. The number of hydrogen-bond donors (Lipinski definition) is 1. The molecular weight excluding hydrogens is 404 g/mol. The van der Waals surface area contributed by atoms with Crippen molar-refractivity contribution >= 4 is 32.6 Å². The summed E-state index contributed by atoms with van der Waals surface area (Å²) < 4.78 is 6.64. The number of nitrogens with zero attached hydrogens (tertiary/aromatic N) is 1. The second-order valence-corrected chi connectivity index (χ2v) is 7.88. The molecule has 27 heavy (non-hydrogen) atoms. The first-order valence-corrected chi connectivity index (χ1v) is 9.93. The number of amides is 1. The minimum absolute atomic E-state index is 0.112. The minimum Gasteiger partial charge on any atom is -0.381 e. The lowest BCUT2D eigenvalue weighted by atomic mass is 9.74. The van der Waals surface area contributed by atoms with Crippen molar-refractivity contribution in [1.29, 1.82) is 0 Å². The number of benzene rings is 2. The number of fused-ring (bicyclic) bond motifs is 1. The van der Waals surface area contributed by atoms with E-state index in [0.717, 1.165) is 28.1 Å². The van der Waals surface area contributed by atoms with Gasteiger partial charge in [0.2, 0.25) is 0 Å². The van der Waals surface area contributed by atoms with Crippen LogP contribution in [0.15, 0.2) is 65.3 Å². The van der Waals surface area contributed by atoms with Gasteiger partial charge < -0.3 is 10.1 Å². The van der Waals surface area contributed by atoms with E-state index < -0.39 is 0 Å². The van der Waals surface area contributed by atoms with E-state index in [1.54, 1.807) is 6.20 Å². The molecule has 5 heteroatoms. The van der Waals surface area contributed by atoms with Crippen molar-refractivity contribution in [3.05, 3.63) is 76.5 Å². The minimum atomic E-state index is -0.130. The molecule has 0 saturated carbocycles. The number of nitrogens with one attached hydrogen (secondary N) is 1. The van der Waals surface area contributed by atoms with Gasteiger partial charge in [-0.3, -0.25) is 9.78 Å². The van der Waals surface area contributed by atoms with Crippen molar-refractivity contribution < 1.29 is 9.53 Å². The highest BCUT2D eigenvalue weighted by molar-refractivity contribution is 9.10. The van der Waals surface area contributed by atoms with Crippen molar-refractivity contribution in [2.24, 2.45) is 0 Å². The van der Waals surface area contributed by atoms with Gasteiger partial charge in [-0.1, -0.05) is 52.3 Å². The Hall–Kier alpha value is -2.24. The Bertz CT molecular complexity index is 945. The van der Waals surface area contributed by atoms with Gasteiger partial charge in [0.25, 0.3) is 5.91 Å². The Labute approximate surface area is 167 Å². The summed E-state index contributed by atoms with van der Waals surface area (Å²) in [5.74, 6) is -0.130. The van der Waals surface area contributed by atoms with Crippen molar-refractivity contribution in [2.75, 3.05) is 19.8 Å². The molecule has 3 aromatic rings. The average Bonchev–Trinajstić information content (AvgIpc) is 2.73. The molecule has 1 saturated heterocycles. The van der Waals surface area contributed by atoms with E-state index in [4.69, 9.17) is 4.74 Å². The SMILES string of the molecule is O=C(NCC1(c2ccc(Br)cc2)CCOCC1)c1nccc2ccccc12. The molecule has 0 aliphatic carbocycles. The molecule has 0 unspecified atom stereocenters. The Kier molecular flexibility index (Phi) is 5.23. The van der Waals surface area contributed by atoms with Gasteiger partial charge in [0.05, 0.1) is 0 Å². The van der Waals surface area contributed by atoms with Gasteiger partial charge in [-0.15, -0.1) is 0 Å². The fourth-order valence-electron chi connectivity index (χ4n) is 3.77. The topological polar surface area (TPSA) is 51.2 Å². The van der Waals surface area contributed by atoms with Gasteiger partial charge in [-0.05, 0) is 42.0 Å². The van der Waals surface area contributed by atoms with Crippen LogP contribution in [0, 0.1) is 0 Å². The van der Waals surface area contributed by atoms with Crippen molar-refractivity contribution in [1.82, 2.24) is 10.3 Å². The number of rotatable bonds is 4. The molecule has 4 rings (SSSR count). The van der Waals surface area contributed by atoms with Gasteiger partial charge >= 0.3 is 0 Å². The van der Waals surface area contributed by atoms with Gasteiger partial charge in [-0.25, -0.2) is 0 Å². The molecule has 4 nitrogen and oxygen atoms in total. The standard InChI is InChI=1S/C22H21BrN2O2/c23-18-7-5-17(6-8-18)22(10-13-27-14-11-22)15-25-21(26)20-19-4-2-1-3-16(19)9-12-24-20/h1-9,12H,10-11,13-15H2,(H,25,26). The maximum Gasteiger partial charge on any atom is 0.270 e. The summed E-state index contributed by atoms with van der Waals surface area (Å²) in [6, 6.07) is 18.1. The Morgan fingerprint density at radius 3 is 2.59 bits per heavy atom. The summed E-state index contributed by atoms with van der Waals surface area (Å²) in [6.45, 7) is 1.98. The summed E-state index contributed by atoms with van der Waals surface area (Å²) in [7, 11) is 0. The van der Waals surface area contributed by atoms with Crippen LogP contribution in [0.1, 0.15) is 28.9 Å². The third-order valence-electron chi connectivity index (χ3n) is 5.38. The molecule has 1 aromatic heterocycles. The molecule has 1 N–H and O–H groups in total. The highest BCUT2D eigenvalue weighted by Gasteiger charge is 2.35. The predicted octanol–water partition coefficient (Wildman–Crippen LogP) is 4.48. The third-order valence-corrected chi connectivity index (χ3v) is 5.91. The Morgan fingerprint density at radius 2 is 1.81 bits per heavy atom. The molecule has 1 fully saturated rings. The second-order valence-electron chi connectivity index (χ2n) is 6.96. The second kappa shape index (κ2) is 7.79. The zero-order valence-corrected chi connectivity index (χ0v) is 16.5. The highest BCUT2D eigenvalue weighted by atomic mass is 79.9. The normalized spacial score (nSPS) is 16.2. The maximum absolute atomic E-state index is 12.9. The number of carbonyl (C=O) groups excluding carboxylic acids is 1. The quantitative estimate of drug-likeness (QED) is 0.671. The maximum atomic E-state index is 12.9. The number of carbonyl (C=O) groups is 1. The number of aromatic nitrogens is 1. The van der Waals surface area contributed by atoms with Crippen LogP contribution in [-0.4, -0.2) is 30.6 Å². The summed E-state index contributed by atoms with van der Waals surface area (Å²) in [5, 5.41) is 5.04. The van der Waals surface area contributed by atoms with Gasteiger partial charge in [0.15, 0.2) is 0 Å². The van der Waals surface area contributed by atoms with Crippen LogP contribution in [0.25, 0.3) is 10.8 Å². The fraction of sp³-hybridized carbons (Fsp3) is 0.273. The summed E-state index contributed by atoms with van der Waals surface area (Å²) >= 11 is 3.50. The van der Waals surface area contributed by atoms with Crippen LogP contribution >= 0.6 is 15.9 Å². The van der Waals surface area contributed by atoms with Crippen LogP contribution in [0.4, 0.5) is 0 Å². The monoisotopic (exact) mass is 424 g/mol. The summed E-state index contributed by atoms with van der Waals surface area (Å²) in [4.78, 5) is 17.3. The van der Waals surface area contributed by atoms with E-state index in [0.29, 0.717) is 25.5 Å². The largest absolute Gasteiger partial charge is 0.381 e. The Balaban J connectivity index is 1.59. The fourth-order valence-corrected chi connectivity index (χ4v) is 4.03. The van der Waals surface area contributed by atoms with Crippen LogP contribution in [0.3, 0.4) is 0 Å². The molecule has 138 valence electrons. The third kappa shape index (κ3) is 3.75. The van der Waals surface area contributed by atoms with Crippen LogP contribution in [0.2, 0.25) is 0 Å². The molecule has 1 aliphatic rings. The molecule has 0 radical (unpaired) electrons. The van der Waals surface area contributed by atoms with E-state index >= 15 is 0 Å². The lowest BCUT2D eigenvalue weighted by Crippen LogP contribution is -2.44. The van der Waals surface area contributed by atoms with Crippen molar-refractivity contribution in [2.45, 2.75) is 18.3 Å².